The van der Waals surface area contributed by atoms with Gasteiger partial charge in [0.15, 0.2) is 0 Å². The van der Waals surface area contributed by atoms with Crippen LogP contribution < -0.4 is 5.32 Å². The lowest BCUT2D eigenvalue weighted by Crippen LogP contribution is -2.20. The molecule has 0 aliphatic carbocycles. The Morgan fingerprint density at radius 3 is 2.60 bits per heavy atom. The van der Waals surface area contributed by atoms with Gasteiger partial charge in [-0.2, -0.15) is 0 Å². The highest BCUT2D eigenvalue weighted by Gasteiger charge is 2.13. The molecule has 0 bridgehead atoms. The predicted octanol–water partition coefficient (Wildman–Crippen LogP) is 2.75. The van der Waals surface area contributed by atoms with E-state index >= 15 is 0 Å². The van der Waals surface area contributed by atoms with Crippen molar-refractivity contribution in [3.05, 3.63) is 35.4 Å². The Labute approximate surface area is 90.1 Å². The molecule has 0 heterocycles. The number of nitrogens with one attached hydrogen (secondary N) is 1. The average molecular weight is 207 g/mol. The maximum absolute atomic E-state index is 10.3. The smallest absolute Gasteiger partial charge is 0.404 e. The highest BCUT2D eigenvalue weighted by molar-refractivity contribution is 5.64. The van der Waals surface area contributed by atoms with Crippen molar-refractivity contribution in [1.29, 1.82) is 0 Å². The molecule has 0 aliphatic rings. The van der Waals surface area contributed by atoms with E-state index in [9.17, 15) is 4.79 Å². The second-order valence-corrected chi connectivity index (χ2v) is 4.61. The summed E-state index contributed by atoms with van der Waals surface area (Å²) in [6.07, 6.45) is -0.990. The van der Waals surface area contributed by atoms with Crippen LogP contribution in [-0.4, -0.2) is 11.2 Å². The fraction of sp³-hybridized carbons (Fsp3) is 0.417. The first-order valence-corrected chi connectivity index (χ1v) is 4.96. The van der Waals surface area contributed by atoms with E-state index in [4.69, 9.17) is 5.11 Å². The Balaban J connectivity index is 2.79. The van der Waals surface area contributed by atoms with Crippen molar-refractivity contribution in [3.63, 3.8) is 0 Å². The zero-order valence-electron chi connectivity index (χ0n) is 9.37. The molecule has 1 amide bonds. The van der Waals surface area contributed by atoms with E-state index in [2.05, 4.69) is 32.2 Å². The zero-order valence-corrected chi connectivity index (χ0v) is 9.37. The molecule has 0 aliphatic heterocycles. The van der Waals surface area contributed by atoms with Crippen molar-refractivity contribution in [3.8, 4) is 0 Å². The quantitative estimate of drug-likeness (QED) is 0.783. The number of hydrogen-bond donors (Lipinski definition) is 2. The second-order valence-electron chi connectivity index (χ2n) is 4.61. The van der Waals surface area contributed by atoms with Crippen molar-refractivity contribution in [2.45, 2.75) is 32.7 Å². The minimum atomic E-state index is -0.990. The van der Waals surface area contributed by atoms with Crippen LogP contribution in [0.1, 0.15) is 31.9 Å². The van der Waals surface area contributed by atoms with Crippen LogP contribution in [0.5, 0.6) is 0 Å². The Kier molecular flexibility index (Phi) is 3.35. The molecule has 0 fully saturated rings. The van der Waals surface area contributed by atoms with Crippen molar-refractivity contribution in [1.82, 2.24) is 5.32 Å². The fourth-order valence-corrected chi connectivity index (χ4v) is 1.33. The van der Waals surface area contributed by atoms with Gasteiger partial charge in [-0.05, 0) is 16.5 Å². The second kappa shape index (κ2) is 4.34. The van der Waals surface area contributed by atoms with Gasteiger partial charge in [0.1, 0.15) is 0 Å². The standard InChI is InChI=1S/C12H17NO2/c1-12(2,3)10-6-4-5-9(7-10)8-13-11(14)15/h4-7,13H,8H2,1-3H3,(H,14,15). The summed E-state index contributed by atoms with van der Waals surface area (Å²) in [5, 5.41) is 10.8. The Hall–Kier alpha value is -1.51. The van der Waals surface area contributed by atoms with E-state index < -0.39 is 6.09 Å². The van der Waals surface area contributed by atoms with Crippen LogP contribution in [0.15, 0.2) is 24.3 Å². The van der Waals surface area contributed by atoms with Gasteiger partial charge >= 0.3 is 6.09 Å². The average Bonchev–Trinajstić information content (AvgIpc) is 2.14. The number of carbonyl (C=O) groups is 1. The van der Waals surface area contributed by atoms with Gasteiger partial charge in [-0.25, -0.2) is 4.79 Å². The molecule has 0 saturated heterocycles. The molecule has 0 saturated carbocycles. The molecule has 1 aromatic rings. The molecule has 2 N–H and O–H groups in total. The van der Waals surface area contributed by atoms with Crippen LogP contribution in [0, 0.1) is 0 Å². The minimum Gasteiger partial charge on any atom is -0.465 e. The lowest BCUT2D eigenvalue weighted by atomic mass is 9.86. The van der Waals surface area contributed by atoms with Gasteiger partial charge in [0.05, 0.1) is 0 Å². The van der Waals surface area contributed by atoms with Crippen molar-refractivity contribution >= 4 is 6.09 Å². The summed E-state index contributed by atoms with van der Waals surface area (Å²) in [5.41, 5.74) is 2.30. The number of benzene rings is 1. The molecule has 0 spiro atoms. The Morgan fingerprint density at radius 1 is 1.40 bits per heavy atom. The van der Waals surface area contributed by atoms with E-state index in [1.54, 1.807) is 0 Å². The molecule has 0 atom stereocenters. The first kappa shape index (κ1) is 11.6. The normalized spacial score (nSPS) is 11.1. The van der Waals surface area contributed by atoms with E-state index in [0.717, 1.165) is 5.56 Å². The molecule has 1 aromatic carbocycles. The third kappa shape index (κ3) is 3.62. The molecule has 3 nitrogen and oxygen atoms in total. The van der Waals surface area contributed by atoms with Gasteiger partial charge in [0.25, 0.3) is 0 Å². The van der Waals surface area contributed by atoms with Gasteiger partial charge in [-0.3, -0.25) is 0 Å². The van der Waals surface area contributed by atoms with Crippen molar-refractivity contribution in [2.24, 2.45) is 0 Å². The third-order valence-electron chi connectivity index (χ3n) is 2.24. The SMILES string of the molecule is CC(C)(C)c1cccc(CNC(=O)O)c1. The number of hydrogen-bond acceptors (Lipinski definition) is 1. The predicted molar refractivity (Wildman–Crippen MR) is 60.0 cm³/mol. The molecular weight excluding hydrogens is 190 g/mol. The van der Waals surface area contributed by atoms with Gasteiger partial charge < -0.3 is 10.4 Å². The number of carboxylic acid groups (broad SMARTS) is 1. The van der Waals surface area contributed by atoms with Gasteiger partial charge in [-0.15, -0.1) is 0 Å². The van der Waals surface area contributed by atoms with E-state index in [-0.39, 0.29) is 5.41 Å². The highest BCUT2D eigenvalue weighted by atomic mass is 16.4. The summed E-state index contributed by atoms with van der Waals surface area (Å²) in [4.78, 5) is 10.3. The monoisotopic (exact) mass is 207 g/mol. The summed E-state index contributed by atoms with van der Waals surface area (Å²) in [6, 6.07) is 7.98. The molecular formula is C12H17NO2. The highest BCUT2D eigenvalue weighted by Crippen LogP contribution is 2.22. The van der Waals surface area contributed by atoms with Crippen LogP contribution in [0.3, 0.4) is 0 Å². The molecule has 0 radical (unpaired) electrons. The zero-order chi connectivity index (χ0) is 11.5. The van der Waals surface area contributed by atoms with E-state index in [0.29, 0.717) is 6.54 Å². The molecule has 3 heteroatoms. The lowest BCUT2D eigenvalue weighted by molar-refractivity contribution is 0.194. The molecule has 1 rings (SSSR count). The summed E-state index contributed by atoms with van der Waals surface area (Å²) >= 11 is 0. The van der Waals surface area contributed by atoms with Crippen LogP contribution in [0.4, 0.5) is 4.79 Å². The molecule has 82 valence electrons. The third-order valence-corrected chi connectivity index (χ3v) is 2.24. The van der Waals surface area contributed by atoms with Gasteiger partial charge in [-0.1, -0.05) is 45.0 Å². The largest absolute Gasteiger partial charge is 0.465 e. The maximum Gasteiger partial charge on any atom is 0.404 e. The molecule has 0 aromatic heterocycles. The van der Waals surface area contributed by atoms with Crippen molar-refractivity contribution < 1.29 is 9.90 Å². The van der Waals surface area contributed by atoms with Crippen LogP contribution in [-0.2, 0) is 12.0 Å². The summed E-state index contributed by atoms with van der Waals surface area (Å²) in [7, 11) is 0. The summed E-state index contributed by atoms with van der Waals surface area (Å²) in [6.45, 7) is 6.77. The maximum atomic E-state index is 10.3. The van der Waals surface area contributed by atoms with Crippen LogP contribution >= 0.6 is 0 Å². The Morgan fingerprint density at radius 2 is 2.07 bits per heavy atom. The lowest BCUT2D eigenvalue weighted by Gasteiger charge is -2.19. The Bertz CT molecular complexity index is 353. The number of rotatable bonds is 2. The van der Waals surface area contributed by atoms with Crippen molar-refractivity contribution in [2.75, 3.05) is 0 Å². The van der Waals surface area contributed by atoms with Crippen LogP contribution in [0.2, 0.25) is 0 Å². The summed E-state index contributed by atoms with van der Waals surface area (Å²) in [5.74, 6) is 0. The first-order chi connectivity index (χ1) is 6.89. The number of amides is 1. The van der Waals surface area contributed by atoms with Gasteiger partial charge in [0, 0.05) is 6.54 Å². The first-order valence-electron chi connectivity index (χ1n) is 4.96. The van der Waals surface area contributed by atoms with E-state index in [1.807, 2.05) is 18.2 Å². The fourth-order valence-electron chi connectivity index (χ4n) is 1.33. The minimum absolute atomic E-state index is 0.0965. The van der Waals surface area contributed by atoms with Crippen LogP contribution in [0.25, 0.3) is 0 Å². The molecule has 0 unspecified atom stereocenters. The molecule has 15 heavy (non-hydrogen) atoms. The van der Waals surface area contributed by atoms with E-state index in [1.165, 1.54) is 5.56 Å². The topological polar surface area (TPSA) is 49.3 Å². The summed E-state index contributed by atoms with van der Waals surface area (Å²) < 4.78 is 0. The van der Waals surface area contributed by atoms with Gasteiger partial charge in [0.2, 0.25) is 0 Å².